The van der Waals surface area contributed by atoms with Crippen LogP contribution in [-0.4, -0.2) is 37.2 Å². The van der Waals surface area contributed by atoms with E-state index in [2.05, 4.69) is 179 Å². The summed E-state index contributed by atoms with van der Waals surface area (Å²) in [5.41, 5.74) is 0. The molecule has 0 spiro atoms. The SMILES string of the molecule is CC/C=C\C/C=C\C/C=C\C/C=C\C/C=C\C/C=C\CCCCCCCCC(=O)OCC(COC(=O)CC/C=C\C/C=C\C/C=C\C/C=C\CC)OC(=O)C/C=C\C/C=C\C/C=C\C/C=C\C/C=C\CC. The van der Waals surface area contributed by atoms with Crippen molar-refractivity contribution < 1.29 is 28.6 Å². The van der Waals surface area contributed by atoms with E-state index in [0.717, 1.165) is 122 Å². The Morgan fingerprint density at radius 3 is 0.944 bits per heavy atom. The van der Waals surface area contributed by atoms with E-state index in [9.17, 15) is 14.4 Å². The van der Waals surface area contributed by atoms with Crippen LogP contribution in [0.4, 0.5) is 0 Å². The molecule has 0 fully saturated rings. The number of carbonyl (C=O) groups is 3. The van der Waals surface area contributed by atoms with Crippen LogP contribution in [0.15, 0.2) is 182 Å². The zero-order valence-corrected chi connectivity index (χ0v) is 44.6. The Labute approximate surface area is 434 Å². The molecule has 392 valence electrons. The molecule has 0 rings (SSSR count). The second-order valence-electron chi connectivity index (χ2n) is 17.0. The van der Waals surface area contributed by atoms with Gasteiger partial charge in [-0.05, 0) is 122 Å². The Balaban J connectivity index is 4.56. The van der Waals surface area contributed by atoms with Crippen molar-refractivity contribution in [3.8, 4) is 0 Å². The van der Waals surface area contributed by atoms with Gasteiger partial charge in [-0.25, -0.2) is 0 Å². The third-order valence-corrected chi connectivity index (χ3v) is 10.4. The lowest BCUT2D eigenvalue weighted by molar-refractivity contribution is -0.166. The van der Waals surface area contributed by atoms with Crippen molar-refractivity contribution in [3.05, 3.63) is 182 Å². The summed E-state index contributed by atoms with van der Waals surface area (Å²) in [4.78, 5) is 38.0. The minimum Gasteiger partial charge on any atom is -0.462 e. The number of esters is 3. The topological polar surface area (TPSA) is 78.9 Å². The Kier molecular flexibility index (Phi) is 52.7. The number of allylic oxidation sites excluding steroid dienone is 29. The maximum atomic E-state index is 12.8. The van der Waals surface area contributed by atoms with Crippen molar-refractivity contribution in [1.82, 2.24) is 0 Å². The van der Waals surface area contributed by atoms with E-state index >= 15 is 0 Å². The fourth-order valence-electron chi connectivity index (χ4n) is 6.47. The molecule has 0 bridgehead atoms. The first-order chi connectivity index (χ1) is 35.0. The molecule has 71 heavy (non-hydrogen) atoms. The quantitative estimate of drug-likeness (QED) is 0.0262. The highest BCUT2D eigenvalue weighted by Crippen LogP contribution is 2.11. The molecule has 0 aliphatic rings. The predicted octanol–water partition coefficient (Wildman–Crippen LogP) is 18.5. The van der Waals surface area contributed by atoms with Crippen LogP contribution >= 0.6 is 0 Å². The third-order valence-electron chi connectivity index (χ3n) is 10.4. The molecule has 0 saturated carbocycles. The predicted molar refractivity (Wildman–Crippen MR) is 306 cm³/mol. The van der Waals surface area contributed by atoms with E-state index in [4.69, 9.17) is 14.2 Å². The molecule has 0 aliphatic heterocycles. The zero-order valence-electron chi connectivity index (χ0n) is 44.6. The molecular formula is C65H96O6. The molecule has 0 saturated heterocycles. The van der Waals surface area contributed by atoms with Gasteiger partial charge in [0.2, 0.25) is 0 Å². The first-order valence-corrected chi connectivity index (χ1v) is 27.3. The molecule has 6 heteroatoms. The molecule has 0 heterocycles. The van der Waals surface area contributed by atoms with E-state index < -0.39 is 18.0 Å². The summed E-state index contributed by atoms with van der Waals surface area (Å²) in [7, 11) is 0. The van der Waals surface area contributed by atoms with Crippen molar-refractivity contribution in [1.29, 1.82) is 0 Å². The van der Waals surface area contributed by atoms with E-state index in [1.165, 1.54) is 12.8 Å². The summed E-state index contributed by atoms with van der Waals surface area (Å²) in [6.45, 7) is 6.10. The average molecular weight is 973 g/mol. The van der Waals surface area contributed by atoms with Crippen LogP contribution in [0.2, 0.25) is 0 Å². The summed E-state index contributed by atoms with van der Waals surface area (Å²) in [5, 5.41) is 0. The van der Waals surface area contributed by atoms with E-state index in [1.807, 2.05) is 18.2 Å². The fraction of sp³-hybridized carbons (Fsp3) is 0.492. The van der Waals surface area contributed by atoms with Crippen LogP contribution in [0, 0.1) is 0 Å². The highest BCUT2D eigenvalue weighted by Gasteiger charge is 2.19. The fourth-order valence-corrected chi connectivity index (χ4v) is 6.47. The summed E-state index contributed by atoms with van der Waals surface area (Å²) in [5.74, 6) is -1.20. The molecule has 0 aliphatic carbocycles. The second-order valence-corrected chi connectivity index (χ2v) is 17.0. The maximum absolute atomic E-state index is 12.8. The highest BCUT2D eigenvalue weighted by atomic mass is 16.6. The molecule has 0 radical (unpaired) electrons. The molecule has 0 amide bonds. The number of rotatable bonds is 46. The Morgan fingerprint density at radius 2 is 0.577 bits per heavy atom. The normalized spacial score (nSPS) is 13.6. The standard InChI is InChI=1S/C65H96O6/c1-4-7-10-13-16-19-22-25-27-28-29-30-31-32-33-34-35-36-38-40-43-46-49-52-55-58-64(67)70-61-62(60-69-63(66)57-54-51-48-45-42-39-24-21-18-15-12-9-6-3)71-65(68)59-56-53-50-47-44-41-37-26-23-20-17-14-11-8-5-2/h7-12,16-21,25-27,29-30,32-33,35-37,39,42,44,47-48,51,53,56,62H,4-6,13-15,22-24,28,31,34,38,40-41,43,45-46,49-50,52,54-55,57-61H2,1-3H3/b10-7-,11-8-,12-9-,19-16-,20-17-,21-18-,27-25-,30-29-,33-32-,36-35-,37-26-,42-39-,47-44-,51-48-,56-53-. The van der Waals surface area contributed by atoms with Gasteiger partial charge in [0.25, 0.3) is 0 Å². The molecule has 0 N–H and O–H groups in total. The van der Waals surface area contributed by atoms with Gasteiger partial charge in [0.05, 0.1) is 6.42 Å². The number of ether oxygens (including phenoxy) is 3. The Bertz CT molecular complexity index is 1730. The van der Waals surface area contributed by atoms with E-state index in [1.54, 1.807) is 6.08 Å². The summed E-state index contributed by atoms with van der Waals surface area (Å²) < 4.78 is 16.6. The monoisotopic (exact) mass is 973 g/mol. The van der Waals surface area contributed by atoms with Crippen LogP contribution in [0.1, 0.15) is 188 Å². The lowest BCUT2D eigenvalue weighted by atomic mass is 10.1. The minimum absolute atomic E-state index is 0.0686. The Hall–Kier alpha value is -5.49. The zero-order chi connectivity index (χ0) is 51.4. The van der Waals surface area contributed by atoms with Crippen LogP contribution < -0.4 is 0 Å². The number of unbranched alkanes of at least 4 members (excludes halogenated alkanes) is 6. The lowest BCUT2D eigenvalue weighted by Crippen LogP contribution is -2.30. The maximum Gasteiger partial charge on any atom is 0.310 e. The summed E-state index contributed by atoms with van der Waals surface area (Å²) in [6, 6.07) is 0. The smallest absolute Gasteiger partial charge is 0.310 e. The van der Waals surface area contributed by atoms with Crippen molar-refractivity contribution in [3.63, 3.8) is 0 Å². The van der Waals surface area contributed by atoms with Gasteiger partial charge in [0.1, 0.15) is 13.2 Å². The second kappa shape index (κ2) is 57.1. The average Bonchev–Trinajstić information content (AvgIpc) is 3.37. The molecule has 1 unspecified atom stereocenters. The van der Waals surface area contributed by atoms with Crippen molar-refractivity contribution in [2.75, 3.05) is 13.2 Å². The minimum atomic E-state index is -0.878. The van der Waals surface area contributed by atoms with Crippen molar-refractivity contribution in [2.45, 2.75) is 194 Å². The van der Waals surface area contributed by atoms with Gasteiger partial charge >= 0.3 is 17.9 Å². The van der Waals surface area contributed by atoms with Gasteiger partial charge in [-0.15, -0.1) is 0 Å². The third kappa shape index (κ3) is 55.3. The number of carbonyl (C=O) groups excluding carboxylic acids is 3. The van der Waals surface area contributed by atoms with Gasteiger partial charge in [-0.3, -0.25) is 14.4 Å². The summed E-state index contributed by atoms with van der Waals surface area (Å²) in [6.07, 6.45) is 86.4. The lowest BCUT2D eigenvalue weighted by Gasteiger charge is -2.18. The van der Waals surface area contributed by atoms with Gasteiger partial charge in [-0.1, -0.05) is 229 Å². The Morgan fingerprint density at radius 1 is 0.296 bits per heavy atom. The highest BCUT2D eigenvalue weighted by molar-refractivity contribution is 5.72. The molecular weight excluding hydrogens is 877 g/mol. The molecule has 6 nitrogen and oxygen atoms in total. The largest absolute Gasteiger partial charge is 0.462 e. The van der Waals surface area contributed by atoms with Crippen LogP contribution in [0.3, 0.4) is 0 Å². The molecule has 1 atom stereocenters. The first-order valence-electron chi connectivity index (χ1n) is 27.3. The van der Waals surface area contributed by atoms with Crippen LogP contribution in [0.5, 0.6) is 0 Å². The van der Waals surface area contributed by atoms with E-state index in [-0.39, 0.29) is 32.0 Å². The molecule has 0 aromatic heterocycles. The van der Waals surface area contributed by atoms with Gasteiger partial charge in [0.15, 0.2) is 6.10 Å². The number of hydrogen-bond acceptors (Lipinski definition) is 6. The molecule has 0 aromatic rings. The van der Waals surface area contributed by atoms with Crippen molar-refractivity contribution in [2.24, 2.45) is 0 Å². The van der Waals surface area contributed by atoms with Gasteiger partial charge < -0.3 is 14.2 Å². The van der Waals surface area contributed by atoms with Gasteiger partial charge in [-0.2, -0.15) is 0 Å². The first kappa shape index (κ1) is 65.5. The molecule has 0 aromatic carbocycles. The van der Waals surface area contributed by atoms with E-state index in [0.29, 0.717) is 19.3 Å². The van der Waals surface area contributed by atoms with Crippen molar-refractivity contribution >= 4 is 17.9 Å². The van der Waals surface area contributed by atoms with Crippen LogP contribution in [0.25, 0.3) is 0 Å². The van der Waals surface area contributed by atoms with Crippen LogP contribution in [-0.2, 0) is 28.6 Å². The van der Waals surface area contributed by atoms with Gasteiger partial charge in [0, 0.05) is 12.8 Å². The number of hydrogen-bond donors (Lipinski definition) is 0. The summed E-state index contributed by atoms with van der Waals surface area (Å²) >= 11 is 0.